The van der Waals surface area contributed by atoms with Crippen molar-refractivity contribution in [1.29, 1.82) is 0 Å². The molecule has 0 radical (unpaired) electrons. The first-order chi connectivity index (χ1) is 13.5. The zero-order valence-electron chi connectivity index (χ0n) is 15.3. The summed E-state index contributed by atoms with van der Waals surface area (Å²) >= 11 is 0. The molecule has 4 amide bonds. The lowest BCUT2D eigenvalue weighted by atomic mass is 10.1. The summed E-state index contributed by atoms with van der Waals surface area (Å²) < 4.78 is 18.3. The van der Waals surface area contributed by atoms with Gasteiger partial charge in [-0.15, -0.1) is 0 Å². The van der Waals surface area contributed by atoms with Gasteiger partial charge >= 0.3 is 6.03 Å². The number of halogens is 1. The molecular weight excluding hydrogens is 365 g/mol. The number of hydrogen-bond donors (Lipinski definition) is 1. The average Bonchev–Trinajstić information content (AvgIpc) is 2.90. The van der Waals surface area contributed by atoms with Gasteiger partial charge in [0.05, 0.1) is 18.7 Å². The minimum absolute atomic E-state index is 0.169. The van der Waals surface area contributed by atoms with Crippen LogP contribution in [-0.2, 0) is 14.3 Å². The first kappa shape index (κ1) is 19.5. The average molecular weight is 385 g/mol. The van der Waals surface area contributed by atoms with Crippen LogP contribution >= 0.6 is 0 Å². The molecule has 7 nitrogen and oxygen atoms in total. The zero-order chi connectivity index (χ0) is 20.1. The third-order valence-electron chi connectivity index (χ3n) is 4.36. The Morgan fingerprint density at radius 2 is 1.89 bits per heavy atom. The second-order valence-corrected chi connectivity index (χ2v) is 6.26. The van der Waals surface area contributed by atoms with E-state index in [1.165, 1.54) is 30.2 Å². The molecule has 0 bridgehead atoms. The van der Waals surface area contributed by atoms with Gasteiger partial charge in [0.25, 0.3) is 5.91 Å². The Balaban J connectivity index is 1.79. The molecule has 1 aliphatic heterocycles. The molecule has 1 fully saturated rings. The van der Waals surface area contributed by atoms with Crippen LogP contribution in [0, 0.1) is 5.82 Å². The maximum absolute atomic E-state index is 13.3. The van der Waals surface area contributed by atoms with Crippen LogP contribution in [0.1, 0.15) is 6.42 Å². The number of para-hydroxylation sites is 1. The predicted octanol–water partition coefficient (Wildman–Crippen LogP) is 2.64. The number of rotatable bonds is 7. The highest BCUT2D eigenvalue weighted by atomic mass is 19.1. The third-order valence-corrected chi connectivity index (χ3v) is 4.36. The molecule has 0 aliphatic carbocycles. The lowest BCUT2D eigenvalue weighted by molar-refractivity contribution is -0.124. The summed E-state index contributed by atoms with van der Waals surface area (Å²) in [5.41, 5.74) is 0.720. The lowest BCUT2D eigenvalue weighted by Gasteiger charge is -2.21. The molecule has 8 heteroatoms. The fraction of sp³-hybridized carbons (Fsp3) is 0.250. The number of urea groups is 1. The highest BCUT2D eigenvalue weighted by Gasteiger charge is 2.46. The second-order valence-electron chi connectivity index (χ2n) is 6.26. The number of benzene rings is 2. The quantitative estimate of drug-likeness (QED) is 0.743. The largest absolute Gasteiger partial charge is 0.383 e. The molecular formula is C20H20FN3O4. The van der Waals surface area contributed by atoms with Gasteiger partial charge in [-0.1, -0.05) is 24.3 Å². The number of amides is 4. The van der Waals surface area contributed by atoms with E-state index in [9.17, 15) is 18.8 Å². The third kappa shape index (κ3) is 4.17. The Kier molecular flexibility index (Phi) is 6.00. The van der Waals surface area contributed by atoms with E-state index < -0.39 is 29.7 Å². The Labute approximate surface area is 161 Å². The smallest absolute Gasteiger partial charge is 0.332 e. The van der Waals surface area contributed by atoms with E-state index in [4.69, 9.17) is 4.74 Å². The van der Waals surface area contributed by atoms with Gasteiger partial charge in [0.1, 0.15) is 11.9 Å². The normalized spacial score (nSPS) is 16.6. The predicted molar refractivity (Wildman–Crippen MR) is 101 cm³/mol. The molecule has 1 N–H and O–H groups in total. The minimum atomic E-state index is -0.962. The van der Waals surface area contributed by atoms with Crippen LogP contribution in [-0.4, -0.2) is 49.0 Å². The molecule has 1 heterocycles. The zero-order valence-corrected chi connectivity index (χ0v) is 15.3. The van der Waals surface area contributed by atoms with Crippen LogP contribution in [0.4, 0.5) is 20.6 Å². The van der Waals surface area contributed by atoms with E-state index in [0.717, 1.165) is 4.90 Å². The number of hydrogen-bond acceptors (Lipinski definition) is 4. The van der Waals surface area contributed by atoms with Gasteiger partial charge in [-0.25, -0.2) is 14.1 Å². The van der Waals surface area contributed by atoms with Crippen LogP contribution < -0.4 is 10.2 Å². The number of imide groups is 1. The summed E-state index contributed by atoms with van der Waals surface area (Å²) in [5, 5.41) is 2.56. The first-order valence-corrected chi connectivity index (χ1v) is 8.75. The number of carbonyl (C=O) groups is 3. The maximum Gasteiger partial charge on any atom is 0.332 e. The summed E-state index contributed by atoms with van der Waals surface area (Å²) in [7, 11) is 1.49. The molecule has 0 spiro atoms. The van der Waals surface area contributed by atoms with Crippen LogP contribution in [0.3, 0.4) is 0 Å². The molecule has 2 aromatic rings. The molecule has 28 heavy (non-hydrogen) atoms. The molecule has 0 aromatic heterocycles. The number of methoxy groups -OCH3 is 1. The van der Waals surface area contributed by atoms with E-state index in [0.29, 0.717) is 5.69 Å². The summed E-state index contributed by atoms with van der Waals surface area (Å²) in [6.45, 7) is 0.395. The summed E-state index contributed by atoms with van der Waals surface area (Å²) in [4.78, 5) is 40.5. The Bertz CT molecular complexity index is 875. The second kappa shape index (κ2) is 8.62. The Morgan fingerprint density at radius 3 is 2.57 bits per heavy atom. The number of nitrogens with one attached hydrogen (secondary N) is 1. The van der Waals surface area contributed by atoms with Crippen molar-refractivity contribution >= 4 is 29.2 Å². The first-order valence-electron chi connectivity index (χ1n) is 8.75. The van der Waals surface area contributed by atoms with Crippen molar-refractivity contribution in [3.05, 3.63) is 60.4 Å². The number of nitrogens with zero attached hydrogens (tertiary/aromatic N) is 2. The molecule has 3 rings (SSSR count). The summed E-state index contributed by atoms with van der Waals surface area (Å²) in [6, 6.07) is 12.5. The van der Waals surface area contributed by atoms with Crippen molar-refractivity contribution in [3.8, 4) is 0 Å². The highest BCUT2D eigenvalue weighted by Crippen LogP contribution is 2.26. The van der Waals surface area contributed by atoms with Crippen LogP contribution in [0.25, 0.3) is 0 Å². The Hall–Kier alpha value is -3.26. The van der Waals surface area contributed by atoms with Gasteiger partial charge in [-0.2, -0.15) is 0 Å². The van der Waals surface area contributed by atoms with E-state index >= 15 is 0 Å². The number of ether oxygens (including phenoxy) is 1. The number of anilines is 2. The fourth-order valence-corrected chi connectivity index (χ4v) is 3.05. The molecule has 2 aromatic carbocycles. The standard InChI is InChI=1S/C20H20FN3O4/c1-28-11-10-23-17(13-18(25)22-15-7-5-6-14(21)12-15)19(26)24(20(23)27)16-8-3-2-4-9-16/h2-9,12,17H,10-11,13H2,1H3,(H,22,25)/t17-/m1/s1. The molecule has 0 saturated carbocycles. The van der Waals surface area contributed by atoms with Crippen LogP contribution in [0.2, 0.25) is 0 Å². The van der Waals surface area contributed by atoms with Gasteiger partial charge < -0.3 is 15.0 Å². The molecule has 146 valence electrons. The van der Waals surface area contributed by atoms with Crippen molar-refractivity contribution in [3.63, 3.8) is 0 Å². The Morgan fingerprint density at radius 1 is 1.14 bits per heavy atom. The fourth-order valence-electron chi connectivity index (χ4n) is 3.05. The SMILES string of the molecule is COCCN1C(=O)N(c2ccccc2)C(=O)[C@H]1CC(=O)Nc1cccc(F)c1. The van der Waals surface area contributed by atoms with E-state index in [1.807, 2.05) is 0 Å². The van der Waals surface area contributed by atoms with Crippen LogP contribution in [0.5, 0.6) is 0 Å². The molecule has 1 saturated heterocycles. The van der Waals surface area contributed by atoms with Gasteiger partial charge in [-0.05, 0) is 30.3 Å². The van der Waals surface area contributed by atoms with Crippen molar-refractivity contribution in [2.75, 3.05) is 30.5 Å². The van der Waals surface area contributed by atoms with Gasteiger partial charge in [0.15, 0.2) is 0 Å². The van der Waals surface area contributed by atoms with E-state index in [2.05, 4.69) is 5.32 Å². The van der Waals surface area contributed by atoms with Crippen molar-refractivity contribution in [2.24, 2.45) is 0 Å². The van der Waals surface area contributed by atoms with Gasteiger partial charge in [0.2, 0.25) is 5.91 Å². The highest BCUT2D eigenvalue weighted by molar-refractivity contribution is 6.22. The van der Waals surface area contributed by atoms with E-state index in [1.54, 1.807) is 36.4 Å². The van der Waals surface area contributed by atoms with Gasteiger partial charge in [0, 0.05) is 19.3 Å². The monoisotopic (exact) mass is 385 g/mol. The molecule has 0 unspecified atom stereocenters. The van der Waals surface area contributed by atoms with Crippen LogP contribution in [0.15, 0.2) is 54.6 Å². The topological polar surface area (TPSA) is 79.0 Å². The number of carbonyl (C=O) groups excluding carboxylic acids is 3. The summed E-state index contributed by atoms with van der Waals surface area (Å²) in [6.07, 6.45) is -0.242. The van der Waals surface area contributed by atoms with E-state index in [-0.39, 0.29) is 25.3 Å². The lowest BCUT2D eigenvalue weighted by Crippen LogP contribution is -2.39. The maximum atomic E-state index is 13.3. The van der Waals surface area contributed by atoms with Crippen molar-refractivity contribution in [1.82, 2.24) is 4.90 Å². The summed E-state index contributed by atoms with van der Waals surface area (Å²) in [5.74, 6) is -1.46. The van der Waals surface area contributed by atoms with Gasteiger partial charge in [-0.3, -0.25) is 9.59 Å². The minimum Gasteiger partial charge on any atom is -0.383 e. The van der Waals surface area contributed by atoms with Crippen molar-refractivity contribution in [2.45, 2.75) is 12.5 Å². The molecule has 1 atom stereocenters. The van der Waals surface area contributed by atoms with Crippen molar-refractivity contribution < 1.29 is 23.5 Å². The molecule has 1 aliphatic rings.